The molecule has 0 bridgehead atoms. The first-order valence-corrected chi connectivity index (χ1v) is 11.1. The Morgan fingerprint density at radius 1 is 1.09 bits per heavy atom. The van der Waals surface area contributed by atoms with Gasteiger partial charge in [0.1, 0.15) is 5.52 Å². The van der Waals surface area contributed by atoms with Crippen LogP contribution in [-0.4, -0.2) is 72.1 Å². The van der Waals surface area contributed by atoms with Crippen molar-refractivity contribution in [2.75, 3.05) is 31.9 Å². The molecule has 9 nitrogen and oxygen atoms in total. The smallest absolute Gasteiger partial charge is 0.260 e. The first-order valence-electron chi connectivity index (χ1n) is 11.1. The lowest BCUT2D eigenvalue weighted by molar-refractivity contribution is -0.148. The van der Waals surface area contributed by atoms with Gasteiger partial charge in [-0.15, -0.1) is 0 Å². The van der Waals surface area contributed by atoms with E-state index >= 15 is 4.39 Å². The number of nitrogens with zero attached hydrogens (tertiary/aromatic N) is 7. The minimum atomic E-state index is -1.79. The molecule has 1 amide bonds. The molecule has 2 aliphatic rings. The van der Waals surface area contributed by atoms with Crippen LogP contribution in [0.2, 0.25) is 0 Å². The van der Waals surface area contributed by atoms with E-state index in [9.17, 15) is 4.79 Å². The van der Waals surface area contributed by atoms with E-state index in [1.54, 1.807) is 23.5 Å². The Morgan fingerprint density at radius 2 is 1.81 bits per heavy atom. The molecule has 0 unspecified atom stereocenters. The molecule has 168 valence electrons. The fourth-order valence-corrected chi connectivity index (χ4v) is 4.75. The molecule has 5 rings (SSSR count). The number of hydrogen-bond donors (Lipinski definition) is 1. The Labute approximate surface area is 185 Å². The summed E-state index contributed by atoms with van der Waals surface area (Å²) in [6, 6.07) is 4.03. The number of imidazole rings is 1. The van der Waals surface area contributed by atoms with E-state index in [1.807, 2.05) is 18.5 Å². The third kappa shape index (κ3) is 4.02. The number of hydrogen-bond acceptors (Lipinski definition) is 7. The summed E-state index contributed by atoms with van der Waals surface area (Å²) < 4.78 is 17.7. The summed E-state index contributed by atoms with van der Waals surface area (Å²) in [4.78, 5) is 33.7. The number of carbonyl (C=O) groups is 1. The minimum absolute atomic E-state index is 0.206. The maximum atomic E-state index is 15.6. The molecule has 5 heterocycles. The van der Waals surface area contributed by atoms with Crippen LogP contribution in [0.25, 0.3) is 11.2 Å². The summed E-state index contributed by atoms with van der Waals surface area (Å²) in [5, 5.41) is 0. The molecule has 2 N–H and O–H groups in total. The SMILES string of the molecule is Nc1ncc(CN2CCC(F)(C(=O)N3CCC(n4cnc5cccnc54)CC3)CC2)cn1. The topological polar surface area (TPSA) is 106 Å². The monoisotopic (exact) mass is 438 g/mol. The van der Waals surface area contributed by atoms with Gasteiger partial charge in [0.05, 0.1) is 6.33 Å². The van der Waals surface area contributed by atoms with Crippen LogP contribution in [0.1, 0.15) is 37.3 Å². The largest absolute Gasteiger partial charge is 0.368 e. The maximum Gasteiger partial charge on any atom is 0.260 e. The van der Waals surface area contributed by atoms with Gasteiger partial charge in [0.2, 0.25) is 5.95 Å². The molecular formula is C22H27FN8O. The van der Waals surface area contributed by atoms with E-state index in [0.717, 1.165) is 29.6 Å². The number of alkyl halides is 1. The number of piperidine rings is 2. The predicted octanol–water partition coefficient (Wildman–Crippen LogP) is 1.97. The van der Waals surface area contributed by atoms with E-state index in [-0.39, 0.29) is 30.7 Å². The lowest BCUT2D eigenvalue weighted by Crippen LogP contribution is -2.53. The van der Waals surface area contributed by atoms with Crippen LogP contribution in [0.5, 0.6) is 0 Å². The second-order valence-corrected chi connectivity index (χ2v) is 8.71. The molecule has 10 heteroatoms. The first kappa shape index (κ1) is 20.7. The number of pyridine rings is 1. The molecule has 2 aliphatic heterocycles. The molecule has 2 fully saturated rings. The first-order chi connectivity index (χ1) is 15.5. The quantitative estimate of drug-likeness (QED) is 0.664. The van der Waals surface area contributed by atoms with E-state index in [4.69, 9.17) is 5.73 Å². The number of rotatable bonds is 4. The molecular weight excluding hydrogens is 411 g/mol. The van der Waals surface area contributed by atoms with Crippen LogP contribution < -0.4 is 5.73 Å². The summed E-state index contributed by atoms with van der Waals surface area (Å²) in [7, 11) is 0. The third-order valence-corrected chi connectivity index (χ3v) is 6.64. The second-order valence-electron chi connectivity index (χ2n) is 8.71. The van der Waals surface area contributed by atoms with Crippen molar-refractivity contribution >= 4 is 23.0 Å². The van der Waals surface area contributed by atoms with Gasteiger partial charge >= 0.3 is 0 Å². The van der Waals surface area contributed by atoms with Crippen molar-refractivity contribution in [1.29, 1.82) is 0 Å². The lowest BCUT2D eigenvalue weighted by Gasteiger charge is -2.40. The highest BCUT2D eigenvalue weighted by atomic mass is 19.1. The zero-order valence-electron chi connectivity index (χ0n) is 17.9. The number of anilines is 1. The van der Waals surface area contributed by atoms with Crippen LogP contribution in [-0.2, 0) is 11.3 Å². The van der Waals surface area contributed by atoms with Gasteiger partial charge in [-0.2, -0.15) is 0 Å². The zero-order valence-corrected chi connectivity index (χ0v) is 17.9. The Kier molecular flexibility index (Phi) is 5.46. The van der Waals surface area contributed by atoms with Gasteiger partial charge in [-0.25, -0.2) is 24.3 Å². The van der Waals surface area contributed by atoms with E-state index < -0.39 is 5.67 Å². The molecule has 3 aromatic rings. The Hall–Kier alpha value is -3.14. The Bertz CT molecular complexity index is 1080. The Morgan fingerprint density at radius 3 is 2.53 bits per heavy atom. The van der Waals surface area contributed by atoms with Crippen LogP contribution in [0, 0.1) is 0 Å². The van der Waals surface area contributed by atoms with Crippen molar-refractivity contribution in [3.05, 3.63) is 42.6 Å². The molecule has 2 saturated heterocycles. The third-order valence-electron chi connectivity index (χ3n) is 6.64. The molecule has 3 aromatic heterocycles. The molecule has 0 spiro atoms. The fourth-order valence-electron chi connectivity index (χ4n) is 4.75. The summed E-state index contributed by atoms with van der Waals surface area (Å²) in [6.45, 7) is 2.77. The summed E-state index contributed by atoms with van der Waals surface area (Å²) in [5.74, 6) is -0.123. The zero-order chi connectivity index (χ0) is 22.1. The van der Waals surface area contributed by atoms with Gasteiger partial charge in [0.25, 0.3) is 5.91 Å². The highest BCUT2D eigenvalue weighted by Gasteiger charge is 2.44. The summed E-state index contributed by atoms with van der Waals surface area (Å²) >= 11 is 0. The van der Waals surface area contributed by atoms with E-state index in [0.29, 0.717) is 32.7 Å². The molecule has 0 radical (unpaired) electrons. The number of nitrogens with two attached hydrogens (primary N) is 1. The average molecular weight is 439 g/mol. The van der Waals surface area contributed by atoms with Gasteiger partial charge in [0.15, 0.2) is 11.3 Å². The highest BCUT2D eigenvalue weighted by molar-refractivity contribution is 5.85. The van der Waals surface area contributed by atoms with Crippen molar-refractivity contribution in [1.82, 2.24) is 34.3 Å². The maximum absolute atomic E-state index is 15.6. The van der Waals surface area contributed by atoms with Gasteiger partial charge < -0.3 is 15.2 Å². The highest BCUT2D eigenvalue weighted by Crippen LogP contribution is 2.32. The van der Waals surface area contributed by atoms with Crippen molar-refractivity contribution < 1.29 is 9.18 Å². The van der Waals surface area contributed by atoms with Crippen LogP contribution in [0.3, 0.4) is 0 Å². The van der Waals surface area contributed by atoms with Gasteiger partial charge in [-0.3, -0.25) is 9.69 Å². The Balaban J connectivity index is 1.16. The number of nitrogen functional groups attached to an aromatic ring is 1. The predicted molar refractivity (Wildman–Crippen MR) is 117 cm³/mol. The second kappa shape index (κ2) is 8.42. The molecule has 0 atom stereocenters. The number of likely N-dealkylation sites (tertiary alicyclic amines) is 2. The number of halogens is 1. The van der Waals surface area contributed by atoms with Crippen molar-refractivity contribution in [3.8, 4) is 0 Å². The number of fused-ring (bicyclic) bond motifs is 1. The molecule has 0 saturated carbocycles. The molecule has 0 aromatic carbocycles. The van der Waals surface area contributed by atoms with E-state index in [2.05, 4.69) is 29.4 Å². The van der Waals surface area contributed by atoms with E-state index in [1.165, 1.54) is 0 Å². The van der Waals surface area contributed by atoms with Gasteiger partial charge in [-0.05, 0) is 25.0 Å². The standard InChI is InChI=1S/C22H27FN8O/c23-22(5-10-29(11-6-22)14-16-12-26-21(24)27-13-16)20(32)30-8-3-17(4-9-30)31-15-28-18-2-1-7-25-19(18)31/h1-2,7,12-13,15,17H,3-6,8-11,14H2,(H2,24,26,27). The van der Waals surface area contributed by atoms with Crippen LogP contribution in [0.15, 0.2) is 37.1 Å². The minimum Gasteiger partial charge on any atom is -0.368 e. The number of aromatic nitrogens is 5. The van der Waals surface area contributed by atoms with Gasteiger partial charge in [-0.1, -0.05) is 0 Å². The average Bonchev–Trinajstić information content (AvgIpc) is 3.26. The molecule has 0 aliphatic carbocycles. The van der Waals surface area contributed by atoms with Crippen LogP contribution >= 0.6 is 0 Å². The van der Waals surface area contributed by atoms with Crippen LogP contribution in [0.4, 0.5) is 10.3 Å². The molecule has 32 heavy (non-hydrogen) atoms. The van der Waals surface area contributed by atoms with Crippen molar-refractivity contribution in [2.45, 2.75) is 43.9 Å². The summed E-state index contributed by atoms with van der Waals surface area (Å²) in [6.07, 6.45) is 8.91. The van der Waals surface area contributed by atoms with Crippen molar-refractivity contribution in [3.63, 3.8) is 0 Å². The van der Waals surface area contributed by atoms with Gasteiger partial charge in [0, 0.05) is 75.8 Å². The van der Waals surface area contributed by atoms with Crippen molar-refractivity contribution in [2.24, 2.45) is 0 Å². The normalized spacial score (nSPS) is 20.0. The lowest BCUT2D eigenvalue weighted by atomic mass is 9.90. The number of amides is 1. The number of carbonyl (C=O) groups excluding carboxylic acids is 1. The summed E-state index contributed by atoms with van der Waals surface area (Å²) in [5.41, 5.74) is 6.39. The fraction of sp³-hybridized carbons (Fsp3) is 0.500.